The van der Waals surface area contributed by atoms with Gasteiger partial charge in [0, 0.05) is 24.9 Å². The number of hydrogen-bond donors (Lipinski definition) is 1. The Hall–Kier alpha value is -1.06. The second-order valence-electron chi connectivity index (χ2n) is 4.54. The zero-order valence-electron chi connectivity index (χ0n) is 10.1. The third-order valence-electron chi connectivity index (χ3n) is 3.33. The Morgan fingerprint density at radius 3 is 2.56 bits per heavy atom. The summed E-state index contributed by atoms with van der Waals surface area (Å²) in [6.45, 7) is 4.17. The Bertz CT molecular complexity index is 265. The Balaban J connectivity index is 2.42. The molecule has 1 rings (SSSR count). The summed E-state index contributed by atoms with van der Waals surface area (Å²) in [6, 6.07) is 0.689. The molecule has 4 nitrogen and oxygen atoms in total. The first-order valence-electron chi connectivity index (χ1n) is 6.09. The van der Waals surface area contributed by atoms with Crippen molar-refractivity contribution >= 4 is 11.9 Å². The van der Waals surface area contributed by atoms with E-state index in [-0.39, 0.29) is 12.3 Å². The van der Waals surface area contributed by atoms with Crippen LogP contribution >= 0.6 is 0 Å². The van der Waals surface area contributed by atoms with Gasteiger partial charge >= 0.3 is 5.97 Å². The minimum Gasteiger partial charge on any atom is -0.481 e. The summed E-state index contributed by atoms with van der Waals surface area (Å²) in [5.74, 6) is -0.701. The molecule has 0 aromatic heterocycles. The van der Waals surface area contributed by atoms with Crippen LogP contribution in [0.25, 0.3) is 0 Å². The molecule has 0 bridgehead atoms. The number of rotatable bonds is 5. The highest BCUT2D eigenvalue weighted by Crippen LogP contribution is 2.26. The molecular formula is C12H21NO3. The molecule has 4 heteroatoms. The fraction of sp³-hybridized carbons (Fsp3) is 0.833. The average molecular weight is 227 g/mol. The van der Waals surface area contributed by atoms with Gasteiger partial charge in [-0.2, -0.15) is 0 Å². The fourth-order valence-electron chi connectivity index (χ4n) is 2.44. The van der Waals surface area contributed by atoms with Crippen molar-refractivity contribution < 1.29 is 14.7 Å². The lowest BCUT2D eigenvalue weighted by Crippen LogP contribution is -2.39. The lowest BCUT2D eigenvalue weighted by molar-refractivity contribution is -0.137. The molecule has 92 valence electrons. The quantitative estimate of drug-likeness (QED) is 0.781. The summed E-state index contributed by atoms with van der Waals surface area (Å²) < 4.78 is 0. The summed E-state index contributed by atoms with van der Waals surface area (Å²) in [5, 5.41) is 8.52. The van der Waals surface area contributed by atoms with Gasteiger partial charge in [-0.05, 0) is 32.6 Å². The van der Waals surface area contributed by atoms with Crippen molar-refractivity contribution in [3.8, 4) is 0 Å². The van der Waals surface area contributed by atoms with Crippen LogP contribution in [-0.2, 0) is 9.59 Å². The van der Waals surface area contributed by atoms with Crippen LogP contribution in [0.15, 0.2) is 0 Å². The standard InChI is InChI=1S/C12H21NO3/c1-3-10-8-7-9(2)13(10)11(14)5-4-6-12(15)16/h9-10H,3-8H2,1-2H3,(H,15,16). The molecule has 1 N–H and O–H groups in total. The van der Waals surface area contributed by atoms with Gasteiger partial charge in [0.25, 0.3) is 0 Å². The molecule has 1 fully saturated rings. The molecule has 1 aliphatic rings. The van der Waals surface area contributed by atoms with E-state index in [0.717, 1.165) is 19.3 Å². The van der Waals surface area contributed by atoms with E-state index in [1.165, 1.54) is 0 Å². The molecule has 0 aromatic carbocycles. The lowest BCUT2D eigenvalue weighted by Gasteiger charge is -2.28. The van der Waals surface area contributed by atoms with Gasteiger partial charge < -0.3 is 10.0 Å². The maximum Gasteiger partial charge on any atom is 0.303 e. The molecule has 1 aliphatic heterocycles. The van der Waals surface area contributed by atoms with E-state index in [1.807, 2.05) is 4.90 Å². The van der Waals surface area contributed by atoms with Crippen LogP contribution in [0.3, 0.4) is 0 Å². The van der Waals surface area contributed by atoms with E-state index in [9.17, 15) is 9.59 Å². The first-order chi connectivity index (χ1) is 7.56. The summed E-state index contributed by atoms with van der Waals surface area (Å²) in [7, 11) is 0. The van der Waals surface area contributed by atoms with E-state index in [4.69, 9.17) is 5.11 Å². The van der Waals surface area contributed by atoms with Crippen molar-refractivity contribution in [2.75, 3.05) is 0 Å². The maximum atomic E-state index is 11.9. The summed E-state index contributed by atoms with van der Waals surface area (Å²) in [5.41, 5.74) is 0. The second kappa shape index (κ2) is 5.87. The molecule has 0 aliphatic carbocycles. The molecule has 0 aromatic rings. The van der Waals surface area contributed by atoms with E-state index in [1.54, 1.807) is 0 Å². The normalized spacial score (nSPS) is 24.8. The van der Waals surface area contributed by atoms with Gasteiger partial charge in [0.05, 0.1) is 0 Å². The lowest BCUT2D eigenvalue weighted by atomic mass is 10.1. The monoisotopic (exact) mass is 227 g/mol. The van der Waals surface area contributed by atoms with Gasteiger partial charge in [-0.3, -0.25) is 9.59 Å². The zero-order valence-corrected chi connectivity index (χ0v) is 10.1. The van der Waals surface area contributed by atoms with Gasteiger partial charge in [-0.15, -0.1) is 0 Å². The average Bonchev–Trinajstić information content (AvgIpc) is 2.58. The molecule has 1 saturated heterocycles. The molecule has 0 saturated carbocycles. The van der Waals surface area contributed by atoms with Gasteiger partial charge in [0.15, 0.2) is 0 Å². The summed E-state index contributed by atoms with van der Waals surface area (Å²) >= 11 is 0. The molecule has 2 unspecified atom stereocenters. The van der Waals surface area contributed by atoms with Crippen LogP contribution in [0.2, 0.25) is 0 Å². The van der Waals surface area contributed by atoms with Crippen molar-refractivity contribution in [1.29, 1.82) is 0 Å². The van der Waals surface area contributed by atoms with Crippen molar-refractivity contribution in [3.05, 3.63) is 0 Å². The first-order valence-corrected chi connectivity index (χ1v) is 6.09. The first kappa shape index (κ1) is 13.0. The highest BCUT2D eigenvalue weighted by Gasteiger charge is 2.32. The highest BCUT2D eigenvalue weighted by atomic mass is 16.4. The number of carboxylic acid groups (broad SMARTS) is 1. The third kappa shape index (κ3) is 3.22. The number of nitrogens with zero attached hydrogens (tertiary/aromatic N) is 1. The minimum atomic E-state index is -0.825. The molecule has 2 atom stereocenters. The fourth-order valence-corrected chi connectivity index (χ4v) is 2.44. The molecular weight excluding hydrogens is 206 g/mol. The molecule has 0 radical (unpaired) electrons. The van der Waals surface area contributed by atoms with Crippen LogP contribution in [0, 0.1) is 0 Å². The molecule has 0 spiro atoms. The Morgan fingerprint density at radius 1 is 1.31 bits per heavy atom. The Morgan fingerprint density at radius 2 is 2.00 bits per heavy atom. The minimum absolute atomic E-state index is 0.0880. The number of aliphatic carboxylic acids is 1. The van der Waals surface area contributed by atoms with Crippen LogP contribution in [0.4, 0.5) is 0 Å². The molecule has 1 heterocycles. The largest absolute Gasteiger partial charge is 0.481 e. The number of carbonyl (C=O) groups excluding carboxylic acids is 1. The number of hydrogen-bond acceptors (Lipinski definition) is 2. The van der Waals surface area contributed by atoms with Crippen LogP contribution in [-0.4, -0.2) is 34.0 Å². The van der Waals surface area contributed by atoms with Gasteiger partial charge in [-0.1, -0.05) is 6.92 Å². The van der Waals surface area contributed by atoms with Crippen LogP contribution < -0.4 is 0 Å². The predicted molar refractivity (Wildman–Crippen MR) is 61.1 cm³/mol. The molecule has 16 heavy (non-hydrogen) atoms. The number of amides is 1. The maximum absolute atomic E-state index is 11.9. The highest BCUT2D eigenvalue weighted by molar-refractivity contribution is 5.78. The number of carboxylic acids is 1. The topological polar surface area (TPSA) is 57.6 Å². The zero-order chi connectivity index (χ0) is 12.1. The summed E-state index contributed by atoms with van der Waals surface area (Å²) in [4.78, 5) is 24.3. The van der Waals surface area contributed by atoms with E-state index < -0.39 is 5.97 Å². The SMILES string of the molecule is CCC1CCC(C)N1C(=O)CCCC(=O)O. The number of likely N-dealkylation sites (tertiary alicyclic amines) is 1. The van der Waals surface area contributed by atoms with Gasteiger partial charge in [0.1, 0.15) is 0 Å². The smallest absolute Gasteiger partial charge is 0.303 e. The van der Waals surface area contributed by atoms with E-state index >= 15 is 0 Å². The van der Waals surface area contributed by atoms with Crippen LogP contribution in [0.1, 0.15) is 52.4 Å². The van der Waals surface area contributed by atoms with Crippen molar-refractivity contribution in [2.45, 2.75) is 64.5 Å². The van der Waals surface area contributed by atoms with Crippen LogP contribution in [0.5, 0.6) is 0 Å². The van der Waals surface area contributed by atoms with Gasteiger partial charge in [-0.25, -0.2) is 0 Å². The number of carbonyl (C=O) groups is 2. The van der Waals surface area contributed by atoms with E-state index in [2.05, 4.69) is 13.8 Å². The predicted octanol–water partition coefficient (Wildman–Crippen LogP) is 2.03. The van der Waals surface area contributed by atoms with E-state index in [0.29, 0.717) is 24.9 Å². The Labute approximate surface area is 96.6 Å². The van der Waals surface area contributed by atoms with Gasteiger partial charge in [0.2, 0.25) is 5.91 Å². The van der Waals surface area contributed by atoms with Crippen molar-refractivity contribution in [2.24, 2.45) is 0 Å². The Kier molecular flexibility index (Phi) is 4.77. The van der Waals surface area contributed by atoms with Crippen molar-refractivity contribution in [1.82, 2.24) is 4.90 Å². The second-order valence-corrected chi connectivity index (χ2v) is 4.54. The molecule has 1 amide bonds. The summed E-state index contributed by atoms with van der Waals surface area (Å²) in [6.07, 6.45) is 4.06. The van der Waals surface area contributed by atoms with Crippen molar-refractivity contribution in [3.63, 3.8) is 0 Å². The third-order valence-corrected chi connectivity index (χ3v) is 3.33.